The van der Waals surface area contributed by atoms with E-state index in [1.807, 2.05) is 6.92 Å². The van der Waals surface area contributed by atoms with Gasteiger partial charge in [-0.15, -0.1) is 0 Å². The lowest BCUT2D eigenvalue weighted by Gasteiger charge is -2.15. The van der Waals surface area contributed by atoms with Crippen LogP contribution < -0.4 is 0 Å². The fourth-order valence-electron chi connectivity index (χ4n) is 2.54. The minimum atomic E-state index is -0.200. The molecule has 0 fully saturated rings. The van der Waals surface area contributed by atoms with E-state index in [4.69, 9.17) is 9.47 Å². The summed E-state index contributed by atoms with van der Waals surface area (Å²) in [6.07, 6.45) is 12.2. The fourth-order valence-corrected chi connectivity index (χ4v) is 2.54. The first-order valence-electron chi connectivity index (χ1n) is 9.99. The van der Waals surface area contributed by atoms with Crippen molar-refractivity contribution in [3.05, 3.63) is 0 Å². The number of unbranched alkanes of at least 4 members (excludes halogenated alkanes) is 6. The van der Waals surface area contributed by atoms with Crippen LogP contribution >= 0.6 is 0 Å². The largest absolute Gasteiger partial charge is 0.466 e. The third-order valence-electron chi connectivity index (χ3n) is 4.16. The van der Waals surface area contributed by atoms with E-state index in [9.17, 15) is 9.59 Å². The van der Waals surface area contributed by atoms with E-state index in [1.54, 1.807) is 0 Å². The van der Waals surface area contributed by atoms with Crippen molar-refractivity contribution >= 4 is 11.9 Å². The van der Waals surface area contributed by atoms with Crippen LogP contribution in [0.25, 0.3) is 0 Å². The molecular weight excluding hydrogens is 304 g/mol. The van der Waals surface area contributed by atoms with E-state index in [1.165, 1.54) is 25.7 Å². The number of hydrogen-bond acceptors (Lipinski definition) is 4. The molecule has 0 aliphatic carbocycles. The third kappa shape index (κ3) is 14.5. The van der Waals surface area contributed by atoms with Gasteiger partial charge in [-0.05, 0) is 25.7 Å². The summed E-state index contributed by atoms with van der Waals surface area (Å²) in [6.45, 7) is 6.87. The standard InChI is InChI=1S/C20H38O4/c1-4-7-9-10-11-12-17-23-19(21)15-13-16-20(22)24-18(6-3)14-8-5-2/h18H,4-17H2,1-3H3. The molecule has 0 N–H and O–H groups in total. The Hall–Kier alpha value is -1.06. The van der Waals surface area contributed by atoms with E-state index in [-0.39, 0.29) is 18.0 Å². The number of carbonyl (C=O) groups is 2. The quantitative estimate of drug-likeness (QED) is 0.272. The molecule has 0 radical (unpaired) electrons. The molecule has 0 aromatic rings. The fraction of sp³-hybridized carbons (Fsp3) is 0.900. The van der Waals surface area contributed by atoms with Crippen LogP contribution in [0.3, 0.4) is 0 Å². The van der Waals surface area contributed by atoms with Crippen LogP contribution in [0.5, 0.6) is 0 Å². The van der Waals surface area contributed by atoms with Crippen molar-refractivity contribution < 1.29 is 19.1 Å². The number of ether oxygens (including phenoxy) is 2. The molecule has 0 spiro atoms. The first kappa shape index (κ1) is 22.9. The molecular formula is C20H38O4. The average Bonchev–Trinajstić information content (AvgIpc) is 2.57. The van der Waals surface area contributed by atoms with Gasteiger partial charge in [-0.25, -0.2) is 0 Å². The van der Waals surface area contributed by atoms with E-state index >= 15 is 0 Å². The zero-order chi connectivity index (χ0) is 18.0. The topological polar surface area (TPSA) is 52.6 Å². The van der Waals surface area contributed by atoms with Crippen molar-refractivity contribution in [3.63, 3.8) is 0 Å². The Labute approximate surface area is 148 Å². The van der Waals surface area contributed by atoms with Gasteiger partial charge in [0.05, 0.1) is 6.61 Å². The Balaban J connectivity index is 3.57. The number of hydrogen-bond donors (Lipinski definition) is 0. The Morgan fingerprint density at radius 1 is 0.750 bits per heavy atom. The molecule has 0 bridgehead atoms. The van der Waals surface area contributed by atoms with Crippen molar-refractivity contribution in [3.8, 4) is 0 Å². The van der Waals surface area contributed by atoms with Gasteiger partial charge in [0.1, 0.15) is 6.10 Å². The van der Waals surface area contributed by atoms with Gasteiger partial charge >= 0.3 is 11.9 Å². The highest BCUT2D eigenvalue weighted by molar-refractivity contribution is 5.72. The molecule has 4 nitrogen and oxygen atoms in total. The highest BCUT2D eigenvalue weighted by atomic mass is 16.5. The van der Waals surface area contributed by atoms with Crippen LogP contribution in [0, 0.1) is 0 Å². The van der Waals surface area contributed by atoms with Crippen LogP contribution in [0.15, 0.2) is 0 Å². The third-order valence-corrected chi connectivity index (χ3v) is 4.16. The van der Waals surface area contributed by atoms with Crippen LogP contribution in [0.1, 0.15) is 104 Å². The first-order valence-corrected chi connectivity index (χ1v) is 9.99. The van der Waals surface area contributed by atoms with Gasteiger partial charge in [0.15, 0.2) is 0 Å². The maximum absolute atomic E-state index is 11.8. The predicted octanol–water partition coefficient (Wildman–Crippen LogP) is 5.57. The van der Waals surface area contributed by atoms with Crippen molar-refractivity contribution in [2.24, 2.45) is 0 Å². The lowest BCUT2D eigenvalue weighted by Crippen LogP contribution is -2.17. The maximum atomic E-state index is 11.8. The summed E-state index contributed by atoms with van der Waals surface area (Å²) in [5, 5.41) is 0. The van der Waals surface area contributed by atoms with E-state index in [2.05, 4.69) is 13.8 Å². The number of carbonyl (C=O) groups excluding carboxylic acids is 2. The minimum absolute atomic E-state index is 0.0251. The van der Waals surface area contributed by atoms with E-state index in [0.717, 1.165) is 38.5 Å². The molecule has 0 heterocycles. The minimum Gasteiger partial charge on any atom is -0.466 e. The molecule has 0 aliphatic rings. The summed E-state index contributed by atoms with van der Waals surface area (Å²) in [7, 11) is 0. The van der Waals surface area contributed by atoms with Crippen molar-refractivity contribution in [2.75, 3.05) is 6.61 Å². The Morgan fingerprint density at radius 2 is 1.38 bits per heavy atom. The van der Waals surface area contributed by atoms with E-state index < -0.39 is 0 Å². The normalized spacial score (nSPS) is 12.0. The molecule has 0 aliphatic heterocycles. The van der Waals surface area contributed by atoms with Gasteiger partial charge < -0.3 is 9.47 Å². The molecule has 1 unspecified atom stereocenters. The summed E-state index contributed by atoms with van der Waals surface area (Å²) in [5.41, 5.74) is 0. The van der Waals surface area contributed by atoms with Gasteiger partial charge in [0.2, 0.25) is 0 Å². The maximum Gasteiger partial charge on any atom is 0.306 e. The molecule has 0 saturated carbocycles. The zero-order valence-corrected chi connectivity index (χ0v) is 16.1. The average molecular weight is 343 g/mol. The van der Waals surface area contributed by atoms with Crippen LogP contribution in [0.2, 0.25) is 0 Å². The smallest absolute Gasteiger partial charge is 0.306 e. The molecule has 0 aromatic heterocycles. The Morgan fingerprint density at radius 3 is 2.04 bits per heavy atom. The summed E-state index contributed by atoms with van der Waals surface area (Å²) in [6, 6.07) is 0. The second-order valence-electron chi connectivity index (χ2n) is 6.50. The number of esters is 2. The molecule has 1 atom stereocenters. The Bertz CT molecular complexity index is 315. The van der Waals surface area contributed by atoms with Gasteiger partial charge in [-0.1, -0.05) is 65.7 Å². The summed E-state index contributed by atoms with van der Waals surface area (Å²) in [4.78, 5) is 23.4. The van der Waals surface area contributed by atoms with Crippen molar-refractivity contribution in [1.82, 2.24) is 0 Å². The summed E-state index contributed by atoms with van der Waals surface area (Å²) >= 11 is 0. The van der Waals surface area contributed by atoms with Crippen LogP contribution in [-0.2, 0) is 19.1 Å². The van der Waals surface area contributed by atoms with Gasteiger partial charge in [-0.3, -0.25) is 9.59 Å². The molecule has 142 valence electrons. The van der Waals surface area contributed by atoms with Crippen molar-refractivity contribution in [1.29, 1.82) is 0 Å². The monoisotopic (exact) mass is 342 g/mol. The van der Waals surface area contributed by atoms with E-state index in [0.29, 0.717) is 25.9 Å². The predicted molar refractivity (Wildman–Crippen MR) is 97.9 cm³/mol. The first-order chi connectivity index (χ1) is 11.6. The van der Waals surface area contributed by atoms with Gasteiger partial charge in [0, 0.05) is 12.8 Å². The molecule has 0 amide bonds. The molecule has 0 aromatic carbocycles. The number of rotatable bonds is 16. The summed E-state index contributed by atoms with van der Waals surface area (Å²) in [5.74, 6) is -0.393. The van der Waals surface area contributed by atoms with Crippen LogP contribution in [0.4, 0.5) is 0 Å². The zero-order valence-electron chi connectivity index (χ0n) is 16.1. The molecule has 4 heteroatoms. The lowest BCUT2D eigenvalue weighted by molar-refractivity contribution is -0.150. The summed E-state index contributed by atoms with van der Waals surface area (Å²) < 4.78 is 10.6. The highest BCUT2D eigenvalue weighted by Crippen LogP contribution is 2.11. The highest BCUT2D eigenvalue weighted by Gasteiger charge is 2.13. The molecule has 24 heavy (non-hydrogen) atoms. The molecule has 0 rings (SSSR count). The van der Waals surface area contributed by atoms with Gasteiger partial charge in [0.25, 0.3) is 0 Å². The second-order valence-corrected chi connectivity index (χ2v) is 6.50. The SMILES string of the molecule is CCCCCCCCOC(=O)CCCC(=O)OC(CC)CCCC. The van der Waals surface area contributed by atoms with Crippen molar-refractivity contribution in [2.45, 2.75) is 110 Å². The molecule has 0 saturated heterocycles. The Kier molecular flexibility index (Phi) is 16.0. The lowest BCUT2D eigenvalue weighted by atomic mass is 10.1. The van der Waals surface area contributed by atoms with Gasteiger partial charge in [-0.2, -0.15) is 0 Å². The second kappa shape index (κ2) is 16.8. The van der Waals surface area contributed by atoms with Crippen LogP contribution in [-0.4, -0.2) is 24.6 Å².